The molecule has 5 rings (SSSR count). The zero-order valence-corrected chi connectivity index (χ0v) is 20.4. The Bertz CT molecular complexity index is 1100. The van der Waals surface area contributed by atoms with E-state index in [9.17, 15) is 4.79 Å². The number of rotatable bonds is 6. The van der Waals surface area contributed by atoms with Crippen LogP contribution in [0.15, 0.2) is 30.3 Å². The number of amides is 1. The zero-order chi connectivity index (χ0) is 22.8. The smallest absolute Gasteiger partial charge is 0.363 e. The molecule has 0 atom stereocenters. The van der Waals surface area contributed by atoms with Gasteiger partial charge in [0.1, 0.15) is 4.83 Å². The van der Waals surface area contributed by atoms with E-state index in [2.05, 4.69) is 31.8 Å². The van der Waals surface area contributed by atoms with Crippen LogP contribution in [0, 0.1) is 6.92 Å². The second-order valence-electron chi connectivity index (χ2n) is 9.18. The lowest BCUT2D eigenvalue weighted by atomic mass is 9.96. The van der Waals surface area contributed by atoms with Crippen molar-refractivity contribution in [2.24, 2.45) is 0 Å². The summed E-state index contributed by atoms with van der Waals surface area (Å²) >= 11 is 1.56. The lowest BCUT2D eigenvalue weighted by molar-refractivity contribution is 0.103. The van der Waals surface area contributed by atoms with Gasteiger partial charge in [0.25, 0.3) is 5.91 Å². The highest BCUT2D eigenvalue weighted by Crippen LogP contribution is 2.35. The van der Waals surface area contributed by atoms with Crippen molar-refractivity contribution in [2.75, 3.05) is 43.5 Å². The van der Waals surface area contributed by atoms with Gasteiger partial charge >= 0.3 is 7.62 Å². The maximum absolute atomic E-state index is 13.0. The van der Waals surface area contributed by atoms with Crippen LogP contribution in [0.25, 0.3) is 10.2 Å². The summed E-state index contributed by atoms with van der Waals surface area (Å²) in [7, 11) is 2.43. The predicted octanol–water partition coefficient (Wildman–Crippen LogP) is 4.20. The monoisotopic (exact) mass is 465 g/mol. The van der Waals surface area contributed by atoms with Gasteiger partial charge in [0.2, 0.25) is 0 Å². The first-order valence-corrected chi connectivity index (χ1v) is 12.8. The van der Waals surface area contributed by atoms with E-state index in [1.165, 1.54) is 37.8 Å². The summed E-state index contributed by atoms with van der Waals surface area (Å²) in [6.07, 6.45) is 6.22. The fourth-order valence-electron chi connectivity index (χ4n) is 5.02. The van der Waals surface area contributed by atoms with E-state index in [0.717, 1.165) is 52.7 Å². The molecule has 2 aliphatic rings. The largest absolute Gasteiger partial charge is 0.427 e. The number of aromatic nitrogens is 2. The first kappa shape index (κ1) is 22.4. The maximum atomic E-state index is 13.0. The highest BCUT2D eigenvalue weighted by Gasteiger charge is 2.23. The second-order valence-corrected chi connectivity index (χ2v) is 10.2. The highest BCUT2D eigenvalue weighted by atomic mass is 32.1. The van der Waals surface area contributed by atoms with Crippen LogP contribution in [0.3, 0.4) is 0 Å². The number of anilines is 2. The molecule has 7 nitrogen and oxygen atoms in total. The van der Waals surface area contributed by atoms with Gasteiger partial charge in [-0.2, -0.15) is 5.10 Å². The van der Waals surface area contributed by atoms with Gasteiger partial charge in [0, 0.05) is 50.0 Å². The van der Waals surface area contributed by atoms with Crippen LogP contribution in [0.2, 0.25) is 0 Å². The summed E-state index contributed by atoms with van der Waals surface area (Å²) < 4.78 is 7.42. The van der Waals surface area contributed by atoms with E-state index >= 15 is 0 Å². The third-order valence-corrected chi connectivity index (χ3v) is 8.01. The van der Waals surface area contributed by atoms with Gasteiger partial charge in [0.15, 0.2) is 0 Å². The van der Waals surface area contributed by atoms with Crippen molar-refractivity contribution in [3.8, 4) is 0 Å². The van der Waals surface area contributed by atoms with E-state index in [1.807, 2.05) is 25.1 Å². The quantitative estimate of drug-likeness (QED) is 0.553. The van der Waals surface area contributed by atoms with Crippen molar-refractivity contribution < 1.29 is 9.45 Å². The topological polar surface area (TPSA) is 62.6 Å². The van der Waals surface area contributed by atoms with Gasteiger partial charge in [-0.3, -0.25) is 9.48 Å². The van der Waals surface area contributed by atoms with Crippen molar-refractivity contribution in [2.45, 2.75) is 45.1 Å². The third-order valence-electron chi connectivity index (χ3n) is 6.89. The number of benzene rings is 1. The van der Waals surface area contributed by atoms with Crippen LogP contribution in [-0.2, 0) is 4.65 Å². The number of hydrogen-bond acceptors (Lipinski definition) is 6. The van der Waals surface area contributed by atoms with Gasteiger partial charge in [-0.25, -0.2) is 0 Å². The van der Waals surface area contributed by atoms with Crippen molar-refractivity contribution in [1.29, 1.82) is 0 Å². The number of fused-ring (bicyclic) bond motifs is 1. The van der Waals surface area contributed by atoms with Crippen LogP contribution in [0.4, 0.5) is 11.4 Å². The van der Waals surface area contributed by atoms with Crippen LogP contribution in [-0.4, -0.2) is 61.4 Å². The molecule has 9 heteroatoms. The summed E-state index contributed by atoms with van der Waals surface area (Å²) in [5, 5.41) is 9.00. The number of carbonyl (C=O) groups excluding carboxylic acids is 1. The molecule has 1 aliphatic heterocycles. The molecule has 3 aromatic rings. The van der Waals surface area contributed by atoms with Gasteiger partial charge in [0.05, 0.1) is 16.6 Å². The lowest BCUT2D eigenvalue weighted by Gasteiger charge is -2.35. The third kappa shape index (κ3) is 4.81. The molecule has 0 radical (unpaired) electrons. The van der Waals surface area contributed by atoms with E-state index < -0.39 is 0 Å². The normalized spacial score (nSPS) is 18.1. The molecule has 1 aromatic carbocycles. The Morgan fingerprint density at radius 2 is 1.85 bits per heavy atom. The number of nitrogens with one attached hydrogen (secondary N) is 1. The first-order chi connectivity index (χ1) is 16.1. The Hall–Kier alpha value is -2.36. The molecule has 0 spiro atoms. The van der Waals surface area contributed by atoms with E-state index in [4.69, 9.17) is 9.75 Å². The zero-order valence-electron chi connectivity index (χ0n) is 19.5. The standard InChI is InChI=1S/C24H32BN5O2S/c1-17-21-16-22(33-24(21)30(27-17)20-6-4-3-5-7-20)23(31)26-18-8-10-19(11-9-18)28-12-14-29(15-13-28)25-32-2/h8-11,16,20,25H,3-7,12-15H2,1-2H3,(H,26,31). The van der Waals surface area contributed by atoms with Crippen molar-refractivity contribution >= 4 is 46.5 Å². The predicted molar refractivity (Wildman–Crippen MR) is 137 cm³/mol. The summed E-state index contributed by atoms with van der Waals surface area (Å²) in [4.78, 5) is 19.6. The molecule has 33 heavy (non-hydrogen) atoms. The van der Waals surface area contributed by atoms with Crippen molar-refractivity contribution in [3.05, 3.63) is 40.9 Å². The Kier molecular flexibility index (Phi) is 6.71. The summed E-state index contributed by atoms with van der Waals surface area (Å²) in [6.45, 7) is 6.00. The first-order valence-electron chi connectivity index (χ1n) is 12.0. The molecular weight excluding hydrogens is 433 g/mol. The molecule has 3 heterocycles. The molecule has 1 saturated carbocycles. The van der Waals surface area contributed by atoms with Crippen molar-refractivity contribution in [3.63, 3.8) is 0 Å². The highest BCUT2D eigenvalue weighted by molar-refractivity contribution is 7.20. The SMILES string of the molecule is COBN1CCN(c2ccc(NC(=O)c3cc4c(C)nn(C5CCCCC5)c4s3)cc2)CC1. The van der Waals surface area contributed by atoms with Crippen LogP contribution >= 0.6 is 11.3 Å². The molecule has 1 amide bonds. The van der Waals surface area contributed by atoms with Gasteiger partial charge < -0.3 is 19.7 Å². The minimum atomic E-state index is -0.0493. The molecule has 0 bridgehead atoms. The Morgan fingerprint density at radius 1 is 1.12 bits per heavy atom. The molecule has 1 saturated heterocycles. The van der Waals surface area contributed by atoms with E-state index in [0.29, 0.717) is 13.7 Å². The van der Waals surface area contributed by atoms with Gasteiger partial charge in [-0.1, -0.05) is 19.3 Å². The number of hydrogen-bond donors (Lipinski definition) is 1. The van der Waals surface area contributed by atoms with Crippen LogP contribution in [0.1, 0.15) is 53.5 Å². The second kappa shape index (κ2) is 9.87. The molecule has 0 unspecified atom stereocenters. The van der Waals surface area contributed by atoms with Gasteiger partial charge in [-0.05, 0) is 50.1 Å². The van der Waals surface area contributed by atoms with Crippen LogP contribution < -0.4 is 10.2 Å². The minimum absolute atomic E-state index is 0.0493. The lowest BCUT2D eigenvalue weighted by Crippen LogP contribution is -2.48. The summed E-state index contributed by atoms with van der Waals surface area (Å²) in [6, 6.07) is 10.7. The van der Waals surface area contributed by atoms with Gasteiger partial charge in [-0.15, -0.1) is 11.3 Å². The number of aryl methyl sites for hydroxylation is 1. The fourth-order valence-corrected chi connectivity index (χ4v) is 6.15. The van der Waals surface area contributed by atoms with Crippen molar-refractivity contribution in [1.82, 2.24) is 14.6 Å². The van der Waals surface area contributed by atoms with E-state index in [-0.39, 0.29) is 5.91 Å². The average Bonchev–Trinajstić information content (AvgIpc) is 3.42. The molecular formula is C24H32BN5O2S. The van der Waals surface area contributed by atoms with Crippen LogP contribution in [0.5, 0.6) is 0 Å². The summed E-state index contributed by atoms with van der Waals surface area (Å²) in [5.41, 5.74) is 3.03. The molecule has 1 N–H and O–H groups in total. The van der Waals surface area contributed by atoms with E-state index in [1.54, 1.807) is 18.4 Å². The number of thiophene rings is 1. The number of piperazine rings is 1. The Labute approximate surface area is 200 Å². The minimum Gasteiger partial charge on any atom is -0.427 e. The summed E-state index contributed by atoms with van der Waals surface area (Å²) in [5.74, 6) is -0.0493. The molecule has 174 valence electrons. The number of nitrogens with zero attached hydrogens (tertiary/aromatic N) is 4. The molecule has 2 fully saturated rings. The number of carbonyl (C=O) groups is 1. The Morgan fingerprint density at radius 3 is 2.55 bits per heavy atom. The average molecular weight is 465 g/mol. The fraction of sp³-hybridized carbons (Fsp3) is 0.500. The maximum Gasteiger partial charge on any atom is 0.363 e. The molecule has 2 aromatic heterocycles. The Balaban J connectivity index is 1.25. The molecule has 1 aliphatic carbocycles.